The topological polar surface area (TPSA) is 49.3 Å². The van der Waals surface area contributed by atoms with Crippen molar-refractivity contribution < 1.29 is 18.0 Å². The minimum absolute atomic E-state index is 0.0917. The second-order valence-corrected chi connectivity index (χ2v) is 8.33. The number of rotatable bonds is 7. The number of unbranched alkanes of at least 4 members (excludes halogenated alkanes) is 1. The summed E-state index contributed by atoms with van der Waals surface area (Å²) >= 11 is 0. The molecule has 8 heteroatoms. The normalized spacial score (nSPS) is 15.7. The lowest BCUT2D eigenvalue weighted by Gasteiger charge is -2.37. The van der Waals surface area contributed by atoms with Crippen molar-refractivity contribution in [2.45, 2.75) is 52.6 Å². The zero-order valence-corrected chi connectivity index (χ0v) is 19.0. The Kier molecular flexibility index (Phi) is 7.74. The van der Waals surface area contributed by atoms with Crippen LogP contribution in [0, 0.1) is 12.8 Å². The molecule has 1 aliphatic rings. The number of aryl methyl sites for hydroxylation is 1. The molecule has 0 radical (unpaired) electrons. The molecule has 1 atom stereocenters. The van der Waals surface area contributed by atoms with E-state index >= 15 is 0 Å². The Labute approximate surface area is 187 Å². The van der Waals surface area contributed by atoms with Crippen molar-refractivity contribution in [3.05, 3.63) is 41.6 Å². The van der Waals surface area contributed by atoms with Gasteiger partial charge in [-0.3, -0.25) is 4.79 Å². The maximum atomic E-state index is 12.9. The summed E-state index contributed by atoms with van der Waals surface area (Å²) in [5, 5.41) is 0. The highest BCUT2D eigenvalue weighted by molar-refractivity contribution is 5.79. The first-order chi connectivity index (χ1) is 15.2. The SMILES string of the molecule is CCCCC(CC)C(=O)N1CCN(c2cc(C)nc(-c3ccc(C(F)(F)F)cc3)n2)CC1. The quantitative estimate of drug-likeness (QED) is 0.574. The van der Waals surface area contributed by atoms with Gasteiger partial charge in [-0.25, -0.2) is 9.97 Å². The second kappa shape index (κ2) is 10.3. The van der Waals surface area contributed by atoms with Crippen molar-refractivity contribution in [1.29, 1.82) is 0 Å². The van der Waals surface area contributed by atoms with Gasteiger partial charge in [-0.05, 0) is 31.9 Å². The smallest absolute Gasteiger partial charge is 0.353 e. The molecule has 1 aromatic carbocycles. The number of aromatic nitrogens is 2. The predicted molar refractivity (Wildman–Crippen MR) is 119 cm³/mol. The van der Waals surface area contributed by atoms with Crippen LogP contribution in [0.15, 0.2) is 30.3 Å². The summed E-state index contributed by atoms with van der Waals surface area (Å²) in [6.45, 7) is 8.66. The van der Waals surface area contributed by atoms with E-state index in [1.807, 2.05) is 17.9 Å². The number of carbonyl (C=O) groups is 1. The number of alkyl halides is 3. The number of nitrogens with zero attached hydrogens (tertiary/aromatic N) is 4. The van der Waals surface area contributed by atoms with Gasteiger partial charge in [-0.15, -0.1) is 0 Å². The van der Waals surface area contributed by atoms with E-state index in [4.69, 9.17) is 0 Å². The van der Waals surface area contributed by atoms with Crippen LogP contribution in [0.4, 0.5) is 19.0 Å². The number of hydrogen-bond donors (Lipinski definition) is 0. The standard InChI is InChI=1S/C24H31F3N4O/c1-4-6-7-18(5-2)23(32)31-14-12-30(13-15-31)21-16-17(3)28-22(29-21)19-8-10-20(11-9-19)24(25,26)27/h8-11,16,18H,4-7,12-15H2,1-3H3. The monoisotopic (exact) mass is 448 g/mol. The first-order valence-electron chi connectivity index (χ1n) is 11.3. The molecule has 0 saturated carbocycles. The van der Waals surface area contributed by atoms with Gasteiger partial charge >= 0.3 is 6.18 Å². The van der Waals surface area contributed by atoms with Crippen molar-refractivity contribution in [1.82, 2.24) is 14.9 Å². The summed E-state index contributed by atoms with van der Waals surface area (Å²) in [4.78, 5) is 26.0. The van der Waals surface area contributed by atoms with Crippen LogP contribution in [-0.4, -0.2) is 47.0 Å². The molecule has 2 heterocycles. The molecule has 1 unspecified atom stereocenters. The highest BCUT2D eigenvalue weighted by Crippen LogP contribution is 2.31. The van der Waals surface area contributed by atoms with E-state index in [0.717, 1.165) is 49.3 Å². The Morgan fingerprint density at radius 1 is 1.06 bits per heavy atom. The van der Waals surface area contributed by atoms with Crippen LogP contribution in [0.25, 0.3) is 11.4 Å². The number of hydrogen-bond acceptors (Lipinski definition) is 4. The molecule has 3 rings (SSSR count). The van der Waals surface area contributed by atoms with E-state index in [-0.39, 0.29) is 11.8 Å². The molecule has 5 nitrogen and oxygen atoms in total. The van der Waals surface area contributed by atoms with Gasteiger partial charge in [0.05, 0.1) is 5.56 Å². The molecule has 2 aromatic rings. The summed E-state index contributed by atoms with van der Waals surface area (Å²) in [6, 6.07) is 6.78. The zero-order valence-electron chi connectivity index (χ0n) is 19.0. The Balaban J connectivity index is 1.70. The average Bonchev–Trinajstić information content (AvgIpc) is 2.78. The Hall–Kier alpha value is -2.64. The van der Waals surface area contributed by atoms with Gasteiger partial charge in [-0.1, -0.05) is 38.8 Å². The Morgan fingerprint density at radius 3 is 2.28 bits per heavy atom. The molecule has 32 heavy (non-hydrogen) atoms. The van der Waals surface area contributed by atoms with E-state index < -0.39 is 11.7 Å². The molecular weight excluding hydrogens is 417 g/mol. The van der Waals surface area contributed by atoms with Crippen LogP contribution < -0.4 is 4.90 Å². The van der Waals surface area contributed by atoms with Gasteiger partial charge in [0, 0.05) is 49.4 Å². The van der Waals surface area contributed by atoms with Crippen LogP contribution in [-0.2, 0) is 11.0 Å². The van der Waals surface area contributed by atoms with Gasteiger partial charge in [0.25, 0.3) is 0 Å². The number of piperazine rings is 1. The Morgan fingerprint density at radius 2 is 1.72 bits per heavy atom. The van der Waals surface area contributed by atoms with E-state index in [9.17, 15) is 18.0 Å². The number of carbonyl (C=O) groups excluding carboxylic acids is 1. The van der Waals surface area contributed by atoms with Crippen molar-refractivity contribution >= 4 is 11.7 Å². The van der Waals surface area contributed by atoms with Crippen molar-refractivity contribution in [2.24, 2.45) is 5.92 Å². The summed E-state index contributed by atoms with van der Waals surface area (Å²) in [6.07, 6.45) is -0.418. The van der Waals surface area contributed by atoms with Crippen LogP contribution in [0.2, 0.25) is 0 Å². The van der Waals surface area contributed by atoms with E-state index in [1.54, 1.807) is 0 Å². The van der Waals surface area contributed by atoms with Crippen molar-refractivity contribution in [3.63, 3.8) is 0 Å². The predicted octanol–water partition coefficient (Wildman–Crippen LogP) is 5.34. The fraction of sp³-hybridized carbons (Fsp3) is 0.542. The summed E-state index contributed by atoms with van der Waals surface area (Å²) in [5.41, 5.74) is 0.590. The lowest BCUT2D eigenvalue weighted by Crippen LogP contribution is -2.50. The highest BCUT2D eigenvalue weighted by atomic mass is 19.4. The van der Waals surface area contributed by atoms with Crippen LogP contribution in [0.3, 0.4) is 0 Å². The fourth-order valence-corrected chi connectivity index (χ4v) is 4.02. The number of halogens is 3. The largest absolute Gasteiger partial charge is 0.416 e. The van der Waals surface area contributed by atoms with Gasteiger partial charge in [-0.2, -0.15) is 13.2 Å². The molecule has 0 N–H and O–H groups in total. The average molecular weight is 449 g/mol. The highest BCUT2D eigenvalue weighted by Gasteiger charge is 2.30. The van der Waals surface area contributed by atoms with E-state index in [1.165, 1.54) is 12.1 Å². The molecule has 0 spiro atoms. The van der Waals surface area contributed by atoms with Gasteiger partial charge in [0.1, 0.15) is 5.82 Å². The lowest BCUT2D eigenvalue weighted by molar-refractivity contribution is -0.137. The summed E-state index contributed by atoms with van der Waals surface area (Å²) in [7, 11) is 0. The molecule has 1 fully saturated rings. The number of benzene rings is 1. The van der Waals surface area contributed by atoms with Gasteiger partial charge in [0.15, 0.2) is 5.82 Å². The summed E-state index contributed by atoms with van der Waals surface area (Å²) in [5.74, 6) is 1.47. The molecule has 174 valence electrons. The van der Waals surface area contributed by atoms with E-state index in [0.29, 0.717) is 37.6 Å². The Bertz CT molecular complexity index is 906. The van der Waals surface area contributed by atoms with E-state index in [2.05, 4.69) is 28.7 Å². The zero-order chi connectivity index (χ0) is 23.3. The van der Waals surface area contributed by atoms with Crippen LogP contribution >= 0.6 is 0 Å². The maximum Gasteiger partial charge on any atom is 0.416 e. The van der Waals surface area contributed by atoms with Gasteiger partial charge in [0.2, 0.25) is 5.91 Å². The minimum Gasteiger partial charge on any atom is -0.353 e. The molecule has 0 bridgehead atoms. The molecule has 1 saturated heterocycles. The molecule has 0 aliphatic carbocycles. The number of amides is 1. The second-order valence-electron chi connectivity index (χ2n) is 8.33. The van der Waals surface area contributed by atoms with Crippen molar-refractivity contribution in [2.75, 3.05) is 31.1 Å². The fourth-order valence-electron chi connectivity index (χ4n) is 4.02. The summed E-state index contributed by atoms with van der Waals surface area (Å²) < 4.78 is 38.5. The van der Waals surface area contributed by atoms with Crippen molar-refractivity contribution in [3.8, 4) is 11.4 Å². The number of anilines is 1. The maximum absolute atomic E-state index is 12.9. The third-order valence-corrected chi connectivity index (χ3v) is 5.97. The molecule has 1 amide bonds. The van der Waals surface area contributed by atoms with Crippen LogP contribution in [0.5, 0.6) is 0 Å². The first-order valence-corrected chi connectivity index (χ1v) is 11.3. The molecular formula is C24H31F3N4O. The minimum atomic E-state index is -4.37. The molecule has 1 aromatic heterocycles. The van der Waals surface area contributed by atoms with Gasteiger partial charge < -0.3 is 9.80 Å². The third-order valence-electron chi connectivity index (χ3n) is 5.97. The lowest BCUT2D eigenvalue weighted by atomic mass is 9.97. The van der Waals surface area contributed by atoms with Crippen LogP contribution in [0.1, 0.15) is 50.8 Å². The molecule has 1 aliphatic heterocycles. The third kappa shape index (κ3) is 5.78. The first kappa shape index (κ1) is 24.0.